The van der Waals surface area contributed by atoms with Crippen LogP contribution in [0, 0.1) is 5.82 Å². The number of hydrogen-bond donors (Lipinski definition) is 3. The molecule has 9 heteroatoms. The minimum Gasteiger partial charge on any atom is -0.368 e. The number of halogens is 2. The second-order valence-electron chi connectivity index (χ2n) is 6.20. The number of hydrogen-bond acceptors (Lipinski definition) is 4. The van der Waals surface area contributed by atoms with Crippen LogP contribution in [-0.4, -0.2) is 34.8 Å². The van der Waals surface area contributed by atoms with E-state index >= 15 is 0 Å². The fourth-order valence-corrected chi connectivity index (χ4v) is 3.01. The van der Waals surface area contributed by atoms with Crippen molar-refractivity contribution in [3.05, 3.63) is 64.1 Å². The molecule has 3 amide bonds. The lowest BCUT2D eigenvalue weighted by molar-refractivity contribution is -0.130. The molecule has 0 aliphatic carbocycles. The highest BCUT2D eigenvalue weighted by atomic mass is 79.9. The SMILES string of the molecule is CC(=O)N[C@H](Cc1ccc(F)cc1)C(=O)N[C@@H](Cc1cccnc1Br)C(N)=O. The van der Waals surface area contributed by atoms with Crippen molar-refractivity contribution in [3.63, 3.8) is 0 Å². The molecule has 0 aliphatic rings. The zero-order chi connectivity index (χ0) is 20.7. The lowest BCUT2D eigenvalue weighted by Gasteiger charge is -2.22. The third-order valence-electron chi connectivity index (χ3n) is 3.97. The van der Waals surface area contributed by atoms with E-state index in [1.165, 1.54) is 31.2 Å². The van der Waals surface area contributed by atoms with Gasteiger partial charge < -0.3 is 16.4 Å². The van der Waals surface area contributed by atoms with Gasteiger partial charge in [-0.05, 0) is 45.3 Å². The van der Waals surface area contributed by atoms with E-state index in [2.05, 4.69) is 31.5 Å². The Bertz CT molecular complexity index is 861. The molecule has 2 atom stereocenters. The van der Waals surface area contributed by atoms with Crippen molar-refractivity contribution >= 4 is 33.7 Å². The molecule has 7 nitrogen and oxygen atoms in total. The number of amides is 3. The van der Waals surface area contributed by atoms with Gasteiger partial charge in [-0.25, -0.2) is 9.37 Å². The molecule has 1 aromatic carbocycles. The summed E-state index contributed by atoms with van der Waals surface area (Å²) in [5.74, 6) is -2.09. The van der Waals surface area contributed by atoms with E-state index in [0.29, 0.717) is 15.7 Å². The molecule has 148 valence electrons. The number of primary amides is 1. The summed E-state index contributed by atoms with van der Waals surface area (Å²) in [6.45, 7) is 1.28. The van der Waals surface area contributed by atoms with Crippen molar-refractivity contribution < 1.29 is 18.8 Å². The predicted octanol–water partition coefficient (Wildman–Crippen LogP) is 1.24. The van der Waals surface area contributed by atoms with Crippen molar-refractivity contribution in [1.82, 2.24) is 15.6 Å². The summed E-state index contributed by atoms with van der Waals surface area (Å²) in [4.78, 5) is 40.1. The molecular formula is C19H20BrFN4O3. The number of rotatable bonds is 8. The molecule has 0 fully saturated rings. The van der Waals surface area contributed by atoms with E-state index in [4.69, 9.17) is 5.73 Å². The van der Waals surface area contributed by atoms with Crippen LogP contribution in [0.3, 0.4) is 0 Å². The lowest BCUT2D eigenvalue weighted by Crippen LogP contribution is -2.54. The van der Waals surface area contributed by atoms with Gasteiger partial charge in [0.25, 0.3) is 0 Å². The fourth-order valence-electron chi connectivity index (χ4n) is 2.60. The van der Waals surface area contributed by atoms with Gasteiger partial charge in [-0.3, -0.25) is 14.4 Å². The summed E-state index contributed by atoms with van der Waals surface area (Å²) in [7, 11) is 0. The van der Waals surface area contributed by atoms with Gasteiger partial charge in [0.1, 0.15) is 22.5 Å². The van der Waals surface area contributed by atoms with Crippen LogP contribution in [0.25, 0.3) is 0 Å². The minimum absolute atomic E-state index is 0.133. The van der Waals surface area contributed by atoms with Crippen LogP contribution in [0.2, 0.25) is 0 Å². The molecular weight excluding hydrogens is 431 g/mol. The Labute approximate surface area is 170 Å². The third-order valence-corrected chi connectivity index (χ3v) is 4.68. The predicted molar refractivity (Wildman–Crippen MR) is 104 cm³/mol. The number of aromatic nitrogens is 1. The standard InChI is InChI=1S/C19H20BrFN4O3/c1-11(26)24-16(9-12-4-6-14(21)7-5-12)19(28)25-15(18(22)27)10-13-3-2-8-23-17(13)20/h2-8,15-16H,9-10H2,1H3,(H2,22,27)(H,24,26)(H,25,28)/t15-,16+/m0/s1. The molecule has 0 unspecified atom stereocenters. The van der Waals surface area contributed by atoms with Crippen molar-refractivity contribution in [3.8, 4) is 0 Å². The molecule has 2 rings (SSSR count). The first-order chi connectivity index (χ1) is 13.3. The molecule has 0 aliphatic heterocycles. The number of nitrogens with zero attached hydrogens (tertiary/aromatic N) is 1. The normalized spacial score (nSPS) is 12.7. The second-order valence-corrected chi connectivity index (χ2v) is 6.96. The van der Waals surface area contributed by atoms with E-state index in [1.54, 1.807) is 18.3 Å². The Balaban J connectivity index is 2.14. The number of carbonyl (C=O) groups is 3. The van der Waals surface area contributed by atoms with Crippen LogP contribution in [0.5, 0.6) is 0 Å². The van der Waals surface area contributed by atoms with E-state index in [-0.39, 0.29) is 12.8 Å². The summed E-state index contributed by atoms with van der Waals surface area (Å²) < 4.78 is 13.6. The Kier molecular flexibility index (Phi) is 7.62. The number of pyridine rings is 1. The zero-order valence-electron chi connectivity index (χ0n) is 15.1. The first kappa shape index (κ1) is 21.5. The minimum atomic E-state index is -0.988. The van der Waals surface area contributed by atoms with E-state index in [0.717, 1.165) is 0 Å². The maximum absolute atomic E-state index is 13.1. The summed E-state index contributed by atoms with van der Waals surface area (Å²) in [6.07, 6.45) is 1.85. The first-order valence-electron chi connectivity index (χ1n) is 8.47. The highest BCUT2D eigenvalue weighted by molar-refractivity contribution is 9.10. The Morgan fingerprint density at radius 1 is 1.11 bits per heavy atom. The van der Waals surface area contributed by atoms with E-state index < -0.39 is 35.6 Å². The van der Waals surface area contributed by atoms with Crippen molar-refractivity contribution in [2.24, 2.45) is 5.73 Å². The van der Waals surface area contributed by atoms with Gasteiger partial charge in [-0.2, -0.15) is 0 Å². The summed E-state index contributed by atoms with van der Waals surface area (Å²) >= 11 is 3.29. The zero-order valence-corrected chi connectivity index (χ0v) is 16.7. The molecule has 4 N–H and O–H groups in total. The Morgan fingerprint density at radius 2 is 1.79 bits per heavy atom. The molecule has 1 aromatic heterocycles. The van der Waals surface area contributed by atoms with Gasteiger partial charge in [0, 0.05) is 26.0 Å². The Morgan fingerprint density at radius 3 is 2.36 bits per heavy atom. The molecule has 1 heterocycles. The molecule has 0 saturated heterocycles. The second kappa shape index (κ2) is 9.93. The van der Waals surface area contributed by atoms with Crippen molar-refractivity contribution in [1.29, 1.82) is 0 Å². The van der Waals surface area contributed by atoms with E-state index in [9.17, 15) is 18.8 Å². The maximum Gasteiger partial charge on any atom is 0.243 e. The molecule has 0 bridgehead atoms. The molecule has 0 spiro atoms. The van der Waals surface area contributed by atoms with Crippen molar-refractivity contribution in [2.45, 2.75) is 31.8 Å². The molecule has 28 heavy (non-hydrogen) atoms. The Hall–Kier alpha value is -2.81. The van der Waals surface area contributed by atoms with Crippen molar-refractivity contribution in [2.75, 3.05) is 0 Å². The summed E-state index contributed by atoms with van der Waals surface area (Å²) in [6, 6.07) is 7.11. The van der Waals surface area contributed by atoms with Crippen LogP contribution in [0.1, 0.15) is 18.1 Å². The molecule has 0 saturated carbocycles. The van der Waals surface area contributed by atoms with Gasteiger partial charge in [0.05, 0.1) is 0 Å². The fraction of sp³-hybridized carbons (Fsp3) is 0.263. The highest BCUT2D eigenvalue weighted by Gasteiger charge is 2.26. The topological polar surface area (TPSA) is 114 Å². The largest absolute Gasteiger partial charge is 0.368 e. The smallest absolute Gasteiger partial charge is 0.243 e. The lowest BCUT2D eigenvalue weighted by atomic mass is 10.0. The molecule has 0 radical (unpaired) electrons. The van der Waals surface area contributed by atoms with Crippen LogP contribution in [-0.2, 0) is 27.2 Å². The average molecular weight is 451 g/mol. The first-order valence-corrected chi connectivity index (χ1v) is 9.26. The van der Waals surface area contributed by atoms with Gasteiger partial charge in [0.15, 0.2) is 0 Å². The van der Waals surface area contributed by atoms with Crippen LogP contribution >= 0.6 is 15.9 Å². The average Bonchev–Trinajstić information content (AvgIpc) is 2.63. The monoisotopic (exact) mass is 450 g/mol. The number of nitrogens with one attached hydrogen (secondary N) is 2. The molecule has 2 aromatic rings. The van der Waals surface area contributed by atoms with Gasteiger partial charge >= 0.3 is 0 Å². The van der Waals surface area contributed by atoms with Crippen LogP contribution in [0.15, 0.2) is 47.2 Å². The summed E-state index contributed by atoms with van der Waals surface area (Å²) in [5, 5.41) is 5.12. The maximum atomic E-state index is 13.1. The summed E-state index contributed by atoms with van der Waals surface area (Å²) in [5.41, 5.74) is 6.78. The highest BCUT2D eigenvalue weighted by Crippen LogP contribution is 2.15. The quantitative estimate of drug-likeness (QED) is 0.524. The van der Waals surface area contributed by atoms with Crippen LogP contribution in [0.4, 0.5) is 4.39 Å². The number of benzene rings is 1. The van der Waals surface area contributed by atoms with Crippen LogP contribution < -0.4 is 16.4 Å². The number of nitrogens with two attached hydrogens (primary N) is 1. The third kappa shape index (κ3) is 6.41. The number of carbonyl (C=O) groups excluding carboxylic acids is 3. The van der Waals surface area contributed by atoms with Gasteiger partial charge in [-0.15, -0.1) is 0 Å². The van der Waals surface area contributed by atoms with Gasteiger partial charge in [0.2, 0.25) is 17.7 Å². The van der Waals surface area contributed by atoms with Gasteiger partial charge in [-0.1, -0.05) is 18.2 Å². The van der Waals surface area contributed by atoms with E-state index in [1.807, 2.05) is 0 Å².